The lowest BCUT2D eigenvalue weighted by Gasteiger charge is -2.30. The Balaban J connectivity index is 1.74. The molecule has 1 amide bonds. The Morgan fingerprint density at radius 1 is 1.21 bits per heavy atom. The van der Waals surface area contributed by atoms with Gasteiger partial charge in [0.2, 0.25) is 5.91 Å². The van der Waals surface area contributed by atoms with Crippen molar-refractivity contribution in [2.75, 3.05) is 23.3 Å². The molecule has 3 nitrogen and oxygen atoms in total. The van der Waals surface area contributed by atoms with Gasteiger partial charge in [-0.15, -0.1) is 0 Å². The van der Waals surface area contributed by atoms with Crippen LogP contribution >= 0.6 is 0 Å². The second-order valence-electron chi connectivity index (χ2n) is 5.87. The topological polar surface area (TPSA) is 32.3 Å². The summed E-state index contributed by atoms with van der Waals surface area (Å²) in [5, 5.41) is 3.12. The number of benzene rings is 1. The van der Waals surface area contributed by atoms with Crippen LogP contribution in [0, 0.1) is 11.8 Å². The summed E-state index contributed by atoms with van der Waals surface area (Å²) in [4.78, 5) is 14.5. The lowest BCUT2D eigenvalue weighted by molar-refractivity contribution is -0.117. The summed E-state index contributed by atoms with van der Waals surface area (Å²) < 4.78 is 0. The van der Waals surface area contributed by atoms with Gasteiger partial charge in [-0.25, -0.2) is 0 Å². The number of para-hydroxylation sites is 2. The molecule has 3 rings (SSSR count). The van der Waals surface area contributed by atoms with Gasteiger partial charge in [-0.05, 0) is 43.7 Å². The first-order valence-corrected chi connectivity index (χ1v) is 7.40. The molecule has 1 N–H and O–H groups in total. The number of carbonyl (C=O) groups is 1. The van der Waals surface area contributed by atoms with Crippen molar-refractivity contribution in [3.05, 3.63) is 24.3 Å². The SMILES string of the molecule is CC1CC1C(=O)Nc1ccccc1N1CCCCC1. The van der Waals surface area contributed by atoms with E-state index in [1.165, 1.54) is 24.9 Å². The Bertz CT molecular complexity index is 466. The van der Waals surface area contributed by atoms with E-state index in [4.69, 9.17) is 0 Å². The number of carbonyl (C=O) groups excluding carboxylic acids is 1. The first-order chi connectivity index (χ1) is 9.25. The molecular formula is C16H22N2O. The lowest BCUT2D eigenvalue weighted by Crippen LogP contribution is -2.30. The summed E-state index contributed by atoms with van der Waals surface area (Å²) in [7, 11) is 0. The van der Waals surface area contributed by atoms with Gasteiger partial charge in [0.25, 0.3) is 0 Å². The molecule has 19 heavy (non-hydrogen) atoms. The van der Waals surface area contributed by atoms with E-state index in [-0.39, 0.29) is 11.8 Å². The van der Waals surface area contributed by atoms with Crippen molar-refractivity contribution in [1.29, 1.82) is 0 Å². The molecule has 3 heteroatoms. The molecule has 2 aliphatic rings. The van der Waals surface area contributed by atoms with Crippen LogP contribution in [0.3, 0.4) is 0 Å². The average molecular weight is 258 g/mol. The van der Waals surface area contributed by atoms with Crippen LogP contribution < -0.4 is 10.2 Å². The summed E-state index contributed by atoms with van der Waals surface area (Å²) in [6, 6.07) is 8.20. The maximum absolute atomic E-state index is 12.1. The molecule has 1 saturated heterocycles. The Morgan fingerprint density at radius 3 is 2.58 bits per heavy atom. The van der Waals surface area contributed by atoms with Crippen molar-refractivity contribution in [1.82, 2.24) is 0 Å². The van der Waals surface area contributed by atoms with Gasteiger partial charge in [0.05, 0.1) is 11.4 Å². The maximum Gasteiger partial charge on any atom is 0.227 e. The highest BCUT2D eigenvalue weighted by molar-refractivity contribution is 5.97. The summed E-state index contributed by atoms with van der Waals surface area (Å²) in [6.07, 6.45) is 4.87. The van der Waals surface area contributed by atoms with Gasteiger partial charge in [-0.3, -0.25) is 4.79 Å². The van der Waals surface area contributed by atoms with E-state index in [0.29, 0.717) is 5.92 Å². The zero-order chi connectivity index (χ0) is 13.2. The second-order valence-corrected chi connectivity index (χ2v) is 5.87. The van der Waals surface area contributed by atoms with E-state index >= 15 is 0 Å². The third-order valence-electron chi connectivity index (χ3n) is 4.30. The van der Waals surface area contributed by atoms with Crippen LogP contribution in [0.15, 0.2) is 24.3 Å². The fourth-order valence-corrected chi connectivity index (χ4v) is 2.90. The minimum Gasteiger partial charge on any atom is -0.370 e. The summed E-state index contributed by atoms with van der Waals surface area (Å²) in [5.74, 6) is 0.980. The highest BCUT2D eigenvalue weighted by Gasteiger charge is 2.39. The molecule has 0 radical (unpaired) electrons. The molecule has 0 spiro atoms. The van der Waals surface area contributed by atoms with Crippen LogP contribution in [0.4, 0.5) is 11.4 Å². The number of nitrogens with one attached hydrogen (secondary N) is 1. The molecule has 1 saturated carbocycles. The second kappa shape index (κ2) is 5.24. The van der Waals surface area contributed by atoms with Crippen LogP contribution in [0.2, 0.25) is 0 Å². The fourth-order valence-electron chi connectivity index (χ4n) is 2.90. The van der Waals surface area contributed by atoms with E-state index < -0.39 is 0 Å². The van der Waals surface area contributed by atoms with Gasteiger partial charge >= 0.3 is 0 Å². The van der Waals surface area contributed by atoms with E-state index in [0.717, 1.165) is 25.2 Å². The zero-order valence-corrected chi connectivity index (χ0v) is 11.6. The normalized spacial score (nSPS) is 26.1. The molecular weight excluding hydrogens is 236 g/mol. The number of piperidine rings is 1. The van der Waals surface area contributed by atoms with Gasteiger partial charge in [-0.1, -0.05) is 19.1 Å². The van der Waals surface area contributed by atoms with Gasteiger partial charge in [0.1, 0.15) is 0 Å². The van der Waals surface area contributed by atoms with Gasteiger partial charge in [0, 0.05) is 19.0 Å². The largest absolute Gasteiger partial charge is 0.370 e. The van der Waals surface area contributed by atoms with Crippen molar-refractivity contribution in [2.45, 2.75) is 32.6 Å². The molecule has 1 aromatic carbocycles. The van der Waals surface area contributed by atoms with E-state index in [9.17, 15) is 4.79 Å². The standard InChI is InChI=1S/C16H22N2O/c1-12-11-13(12)16(19)17-14-7-3-4-8-15(14)18-9-5-2-6-10-18/h3-4,7-8,12-13H,2,5-6,9-11H2,1H3,(H,17,19). The highest BCUT2D eigenvalue weighted by Crippen LogP contribution is 2.39. The van der Waals surface area contributed by atoms with Gasteiger partial charge in [-0.2, -0.15) is 0 Å². The van der Waals surface area contributed by atoms with Crippen LogP contribution in [0.5, 0.6) is 0 Å². The third kappa shape index (κ3) is 2.75. The first kappa shape index (κ1) is 12.5. The Kier molecular flexibility index (Phi) is 3.45. The number of hydrogen-bond donors (Lipinski definition) is 1. The van der Waals surface area contributed by atoms with Crippen molar-refractivity contribution < 1.29 is 4.79 Å². The minimum absolute atomic E-state index is 0.192. The van der Waals surface area contributed by atoms with Crippen molar-refractivity contribution in [3.63, 3.8) is 0 Å². The van der Waals surface area contributed by atoms with E-state index in [1.807, 2.05) is 12.1 Å². The van der Waals surface area contributed by atoms with Crippen molar-refractivity contribution >= 4 is 17.3 Å². The summed E-state index contributed by atoms with van der Waals surface area (Å²) >= 11 is 0. The monoisotopic (exact) mass is 258 g/mol. The molecule has 1 aliphatic carbocycles. The van der Waals surface area contributed by atoms with Crippen LogP contribution in [0.25, 0.3) is 0 Å². The molecule has 0 aromatic heterocycles. The molecule has 2 atom stereocenters. The Labute approximate surface area is 115 Å². The molecule has 2 unspecified atom stereocenters. The van der Waals surface area contributed by atoms with E-state index in [2.05, 4.69) is 29.3 Å². The number of anilines is 2. The van der Waals surface area contributed by atoms with Crippen LogP contribution in [-0.4, -0.2) is 19.0 Å². The molecule has 0 bridgehead atoms. The highest BCUT2D eigenvalue weighted by atomic mass is 16.2. The molecule has 1 heterocycles. The smallest absolute Gasteiger partial charge is 0.227 e. The van der Waals surface area contributed by atoms with Crippen LogP contribution in [0.1, 0.15) is 32.6 Å². The predicted molar refractivity (Wildman–Crippen MR) is 78.4 cm³/mol. The van der Waals surface area contributed by atoms with Gasteiger partial charge < -0.3 is 10.2 Å². The number of rotatable bonds is 3. The molecule has 102 valence electrons. The number of hydrogen-bond acceptors (Lipinski definition) is 2. The minimum atomic E-state index is 0.192. The average Bonchev–Trinajstić information content (AvgIpc) is 3.18. The Hall–Kier alpha value is -1.51. The first-order valence-electron chi connectivity index (χ1n) is 7.40. The van der Waals surface area contributed by atoms with Crippen molar-refractivity contribution in [3.8, 4) is 0 Å². The number of nitrogens with zero attached hydrogens (tertiary/aromatic N) is 1. The summed E-state index contributed by atoms with van der Waals surface area (Å²) in [5.41, 5.74) is 2.16. The van der Waals surface area contributed by atoms with Crippen molar-refractivity contribution in [2.24, 2.45) is 11.8 Å². The maximum atomic E-state index is 12.1. The summed E-state index contributed by atoms with van der Waals surface area (Å²) in [6.45, 7) is 4.35. The molecule has 1 aliphatic heterocycles. The lowest BCUT2D eigenvalue weighted by atomic mass is 10.1. The van der Waals surface area contributed by atoms with Crippen LogP contribution in [-0.2, 0) is 4.79 Å². The van der Waals surface area contributed by atoms with E-state index in [1.54, 1.807) is 0 Å². The number of amides is 1. The predicted octanol–water partition coefficient (Wildman–Crippen LogP) is 3.27. The quantitative estimate of drug-likeness (QED) is 0.902. The Morgan fingerprint density at radius 2 is 1.89 bits per heavy atom. The molecule has 1 aromatic rings. The molecule has 2 fully saturated rings. The van der Waals surface area contributed by atoms with Gasteiger partial charge in [0.15, 0.2) is 0 Å². The fraction of sp³-hybridized carbons (Fsp3) is 0.562. The third-order valence-corrected chi connectivity index (χ3v) is 4.30. The zero-order valence-electron chi connectivity index (χ0n) is 11.6.